The van der Waals surface area contributed by atoms with Crippen molar-refractivity contribution in [3.63, 3.8) is 0 Å². The van der Waals surface area contributed by atoms with Gasteiger partial charge >= 0.3 is 0 Å². The Hall–Kier alpha value is -1.81. The third-order valence-electron chi connectivity index (χ3n) is 2.61. The number of anilines is 1. The fraction of sp³-hybridized carbons (Fsp3) is 0.308. The van der Waals surface area contributed by atoms with Crippen LogP contribution in [0.25, 0.3) is 11.3 Å². The van der Waals surface area contributed by atoms with Crippen molar-refractivity contribution in [1.82, 2.24) is 10.3 Å². The number of oxazole rings is 1. The topological polar surface area (TPSA) is 41.3 Å². The van der Waals surface area contributed by atoms with Gasteiger partial charge in [-0.25, -0.2) is 4.98 Å². The molecule has 0 amide bonds. The normalized spacial score (nSPS) is 10.5. The lowest BCUT2D eigenvalue weighted by atomic mass is 10.1. The summed E-state index contributed by atoms with van der Waals surface area (Å²) in [7, 11) is 5.94. The highest BCUT2D eigenvalue weighted by Gasteiger charge is 2.10. The fourth-order valence-corrected chi connectivity index (χ4v) is 1.72. The molecule has 0 spiro atoms. The molecule has 0 aliphatic rings. The smallest absolute Gasteiger partial charge is 0.181 e. The molecule has 1 aromatic heterocycles. The molecule has 17 heavy (non-hydrogen) atoms. The van der Waals surface area contributed by atoms with Crippen molar-refractivity contribution in [3.8, 4) is 11.3 Å². The fourth-order valence-electron chi connectivity index (χ4n) is 1.72. The number of aromatic nitrogens is 1. The summed E-state index contributed by atoms with van der Waals surface area (Å²) < 4.78 is 5.47. The van der Waals surface area contributed by atoms with Crippen molar-refractivity contribution < 1.29 is 4.42 Å². The van der Waals surface area contributed by atoms with Gasteiger partial charge in [-0.15, -0.1) is 0 Å². The van der Waals surface area contributed by atoms with E-state index in [1.165, 1.54) is 6.39 Å². The molecule has 1 aromatic carbocycles. The van der Waals surface area contributed by atoms with Crippen LogP contribution in [-0.4, -0.2) is 26.1 Å². The van der Waals surface area contributed by atoms with E-state index < -0.39 is 0 Å². The molecule has 2 rings (SSSR count). The number of nitrogens with one attached hydrogen (secondary N) is 1. The van der Waals surface area contributed by atoms with E-state index in [-0.39, 0.29) is 0 Å². The third kappa shape index (κ3) is 2.47. The summed E-state index contributed by atoms with van der Waals surface area (Å²) >= 11 is 0. The van der Waals surface area contributed by atoms with Crippen LogP contribution in [0.15, 0.2) is 35.1 Å². The van der Waals surface area contributed by atoms with Gasteiger partial charge in [0.2, 0.25) is 0 Å². The number of benzene rings is 1. The maximum Gasteiger partial charge on any atom is 0.181 e. The standard InChI is InChI=1S/C13H17N3O/c1-14-8-12-13(17-9-15-12)10-5-4-6-11(7-10)16(2)3/h4-7,9,14H,8H2,1-3H3. The van der Waals surface area contributed by atoms with Crippen molar-refractivity contribution in [3.05, 3.63) is 36.4 Å². The van der Waals surface area contributed by atoms with Crippen LogP contribution in [0.5, 0.6) is 0 Å². The molecule has 1 heterocycles. The van der Waals surface area contributed by atoms with Gasteiger partial charge in [-0.2, -0.15) is 0 Å². The Morgan fingerprint density at radius 2 is 2.18 bits per heavy atom. The lowest BCUT2D eigenvalue weighted by Gasteiger charge is -2.13. The Balaban J connectivity index is 2.38. The monoisotopic (exact) mass is 231 g/mol. The Morgan fingerprint density at radius 3 is 2.88 bits per heavy atom. The molecule has 0 aliphatic heterocycles. The quantitative estimate of drug-likeness (QED) is 0.875. The minimum atomic E-state index is 0.706. The molecular weight excluding hydrogens is 214 g/mol. The first-order chi connectivity index (χ1) is 8.22. The van der Waals surface area contributed by atoms with Gasteiger partial charge < -0.3 is 14.6 Å². The van der Waals surface area contributed by atoms with E-state index in [1.54, 1.807) is 0 Å². The van der Waals surface area contributed by atoms with Gasteiger partial charge in [0.25, 0.3) is 0 Å². The lowest BCUT2D eigenvalue weighted by molar-refractivity contribution is 0.570. The maximum atomic E-state index is 5.47. The summed E-state index contributed by atoms with van der Waals surface area (Å²) in [6.45, 7) is 0.706. The van der Waals surface area contributed by atoms with Crippen molar-refractivity contribution in [1.29, 1.82) is 0 Å². The van der Waals surface area contributed by atoms with E-state index in [1.807, 2.05) is 33.3 Å². The van der Waals surface area contributed by atoms with Crippen LogP contribution in [0.3, 0.4) is 0 Å². The van der Waals surface area contributed by atoms with Gasteiger partial charge in [-0.1, -0.05) is 12.1 Å². The van der Waals surface area contributed by atoms with Crippen LogP contribution in [0.2, 0.25) is 0 Å². The second kappa shape index (κ2) is 5.01. The number of hydrogen-bond acceptors (Lipinski definition) is 4. The molecule has 1 N–H and O–H groups in total. The van der Waals surface area contributed by atoms with E-state index in [2.05, 4.69) is 27.3 Å². The average Bonchev–Trinajstić information content (AvgIpc) is 2.78. The first-order valence-corrected chi connectivity index (χ1v) is 5.57. The maximum absolute atomic E-state index is 5.47. The van der Waals surface area contributed by atoms with Gasteiger partial charge in [0.1, 0.15) is 5.69 Å². The van der Waals surface area contributed by atoms with E-state index in [4.69, 9.17) is 4.42 Å². The van der Waals surface area contributed by atoms with Crippen LogP contribution >= 0.6 is 0 Å². The molecule has 0 saturated carbocycles. The van der Waals surface area contributed by atoms with Crippen molar-refractivity contribution in [2.75, 3.05) is 26.0 Å². The van der Waals surface area contributed by atoms with E-state index >= 15 is 0 Å². The highest BCUT2D eigenvalue weighted by atomic mass is 16.3. The molecule has 4 nitrogen and oxygen atoms in total. The largest absolute Gasteiger partial charge is 0.443 e. The molecule has 0 atom stereocenters. The predicted octanol–water partition coefficient (Wildman–Crippen LogP) is 2.13. The van der Waals surface area contributed by atoms with Gasteiger partial charge in [0.05, 0.1) is 0 Å². The minimum absolute atomic E-state index is 0.706. The molecule has 0 saturated heterocycles. The summed E-state index contributed by atoms with van der Waals surface area (Å²) in [4.78, 5) is 6.28. The van der Waals surface area contributed by atoms with Crippen LogP contribution in [0.1, 0.15) is 5.69 Å². The zero-order valence-corrected chi connectivity index (χ0v) is 10.4. The Bertz CT molecular complexity index is 491. The van der Waals surface area contributed by atoms with Gasteiger partial charge in [0.15, 0.2) is 12.2 Å². The zero-order chi connectivity index (χ0) is 12.3. The first-order valence-electron chi connectivity index (χ1n) is 5.57. The molecule has 90 valence electrons. The molecule has 0 fully saturated rings. The summed E-state index contributed by atoms with van der Waals surface area (Å²) in [6.07, 6.45) is 1.49. The SMILES string of the molecule is CNCc1ncoc1-c1cccc(N(C)C)c1. The average molecular weight is 231 g/mol. The molecule has 0 bridgehead atoms. The van der Waals surface area contributed by atoms with Crippen LogP contribution in [0, 0.1) is 0 Å². The molecule has 4 heteroatoms. The molecule has 0 radical (unpaired) electrons. The number of hydrogen-bond donors (Lipinski definition) is 1. The number of nitrogens with zero attached hydrogens (tertiary/aromatic N) is 2. The Morgan fingerprint density at radius 1 is 1.35 bits per heavy atom. The van der Waals surface area contributed by atoms with Gasteiger partial charge in [-0.05, 0) is 19.2 Å². The van der Waals surface area contributed by atoms with Crippen molar-refractivity contribution in [2.45, 2.75) is 6.54 Å². The zero-order valence-electron chi connectivity index (χ0n) is 10.4. The van der Waals surface area contributed by atoms with E-state index in [0.717, 1.165) is 22.7 Å². The van der Waals surface area contributed by atoms with Crippen LogP contribution in [0.4, 0.5) is 5.69 Å². The van der Waals surface area contributed by atoms with E-state index in [9.17, 15) is 0 Å². The van der Waals surface area contributed by atoms with Gasteiger partial charge in [-0.3, -0.25) is 0 Å². The van der Waals surface area contributed by atoms with Crippen LogP contribution in [-0.2, 0) is 6.54 Å². The summed E-state index contributed by atoms with van der Waals surface area (Å²) in [5, 5.41) is 3.08. The molecular formula is C13H17N3O. The lowest BCUT2D eigenvalue weighted by Crippen LogP contribution is -2.08. The molecule has 2 aromatic rings. The third-order valence-corrected chi connectivity index (χ3v) is 2.61. The molecule has 0 aliphatic carbocycles. The van der Waals surface area contributed by atoms with Gasteiger partial charge in [0, 0.05) is 31.9 Å². The van der Waals surface area contributed by atoms with Crippen molar-refractivity contribution >= 4 is 5.69 Å². The highest BCUT2D eigenvalue weighted by molar-refractivity contribution is 5.65. The van der Waals surface area contributed by atoms with Crippen LogP contribution < -0.4 is 10.2 Å². The second-order valence-electron chi connectivity index (χ2n) is 4.10. The molecule has 0 unspecified atom stereocenters. The van der Waals surface area contributed by atoms with Crippen molar-refractivity contribution in [2.24, 2.45) is 0 Å². The minimum Gasteiger partial charge on any atom is -0.443 e. The highest BCUT2D eigenvalue weighted by Crippen LogP contribution is 2.26. The Kier molecular flexibility index (Phi) is 3.44. The number of rotatable bonds is 4. The van der Waals surface area contributed by atoms with E-state index in [0.29, 0.717) is 6.54 Å². The Labute approximate surface area is 101 Å². The summed E-state index contributed by atoms with van der Waals surface area (Å²) in [6, 6.07) is 8.22. The summed E-state index contributed by atoms with van der Waals surface area (Å²) in [5.41, 5.74) is 3.14. The predicted molar refractivity (Wildman–Crippen MR) is 69.0 cm³/mol. The second-order valence-corrected chi connectivity index (χ2v) is 4.10. The first kappa shape index (κ1) is 11.7. The summed E-state index contributed by atoms with van der Waals surface area (Å²) in [5.74, 6) is 0.836.